The van der Waals surface area contributed by atoms with Gasteiger partial charge in [-0.15, -0.1) is 0 Å². The van der Waals surface area contributed by atoms with Gasteiger partial charge in [-0.1, -0.05) is 87.9 Å². The summed E-state index contributed by atoms with van der Waals surface area (Å²) in [5, 5.41) is 23.6. The van der Waals surface area contributed by atoms with Crippen LogP contribution < -0.4 is 0 Å². The molecule has 0 amide bonds. The first-order chi connectivity index (χ1) is 20.7. The molecule has 2 N–H and O–H groups in total. The summed E-state index contributed by atoms with van der Waals surface area (Å²) >= 11 is 0. The summed E-state index contributed by atoms with van der Waals surface area (Å²) in [6.45, 7) is 8.03. The lowest BCUT2D eigenvalue weighted by Crippen LogP contribution is -2.76. The number of Topliss-reactive ketones (excluding diaryl/α,β-unsaturated/α-hetero) is 5. The number of fused-ring (bicyclic) bond motifs is 3. The second-order valence-corrected chi connectivity index (χ2v) is 14.1. The highest BCUT2D eigenvalue weighted by Gasteiger charge is 2.76. The molecule has 7 nitrogen and oxygen atoms in total. The maximum Gasteiger partial charge on any atom is 0.190 e. The van der Waals surface area contributed by atoms with Crippen LogP contribution in [-0.2, 0) is 32.0 Å². The minimum absolute atomic E-state index is 0.0447. The summed E-state index contributed by atoms with van der Waals surface area (Å²) in [5.74, 6) is -8.72. The largest absolute Gasteiger partial charge is 0.507 e. The number of aromatic hydroxyl groups is 1. The maximum absolute atomic E-state index is 14.4. The lowest BCUT2D eigenvalue weighted by atomic mass is 9.40. The molecule has 7 heteroatoms. The highest BCUT2D eigenvalue weighted by Crippen LogP contribution is 2.63. The van der Waals surface area contributed by atoms with Gasteiger partial charge in [-0.05, 0) is 66.2 Å². The van der Waals surface area contributed by atoms with Gasteiger partial charge in [0.25, 0.3) is 0 Å². The first-order valence-corrected chi connectivity index (χ1v) is 15.3. The SMILES string of the molecule is CC(=O)C1C(=O)C(C(C)C)[C@@]2(C)C[C@@]3(C)Cc4ccc(CC5=CC(c6ccccc6)=CC5)c(O)c4C(=O)C3C(=O)[C@@]2(O)C1=O. The van der Waals surface area contributed by atoms with Crippen molar-refractivity contribution in [3.05, 3.63) is 82.4 Å². The Kier molecular flexibility index (Phi) is 6.85. The van der Waals surface area contributed by atoms with Crippen molar-refractivity contribution in [1.29, 1.82) is 0 Å². The van der Waals surface area contributed by atoms with Crippen LogP contribution in [0.4, 0.5) is 0 Å². The van der Waals surface area contributed by atoms with Crippen LogP contribution in [0.5, 0.6) is 5.75 Å². The van der Waals surface area contributed by atoms with Crippen molar-refractivity contribution in [1.82, 2.24) is 0 Å². The van der Waals surface area contributed by atoms with Gasteiger partial charge in [0.05, 0.1) is 11.5 Å². The summed E-state index contributed by atoms with van der Waals surface area (Å²) in [6.07, 6.45) is 5.62. The third-order valence-corrected chi connectivity index (χ3v) is 10.8. The van der Waals surface area contributed by atoms with Gasteiger partial charge in [0.15, 0.2) is 28.7 Å². The molecule has 0 bridgehead atoms. The van der Waals surface area contributed by atoms with Crippen LogP contribution in [0.1, 0.15) is 74.5 Å². The summed E-state index contributed by atoms with van der Waals surface area (Å²) in [5.41, 5.74) is -0.774. The fourth-order valence-corrected chi connectivity index (χ4v) is 9.09. The van der Waals surface area contributed by atoms with E-state index in [0.29, 0.717) is 24.0 Å². The molecule has 0 spiro atoms. The van der Waals surface area contributed by atoms with Crippen molar-refractivity contribution in [2.45, 2.75) is 65.9 Å². The number of benzene rings is 2. The number of ketones is 5. The van der Waals surface area contributed by atoms with Crippen LogP contribution in [0.15, 0.2) is 60.2 Å². The van der Waals surface area contributed by atoms with Gasteiger partial charge in [-0.3, -0.25) is 24.0 Å². The molecular weight excluding hydrogens is 556 g/mol. The number of aliphatic hydroxyl groups is 1. The molecule has 6 rings (SSSR count). The maximum atomic E-state index is 14.4. The Bertz CT molecular complexity index is 1710. The molecule has 0 aliphatic heterocycles. The molecular formula is C37H38O7. The summed E-state index contributed by atoms with van der Waals surface area (Å²) in [4.78, 5) is 68.7. The van der Waals surface area contributed by atoms with Crippen LogP contribution in [0.2, 0.25) is 0 Å². The highest BCUT2D eigenvalue weighted by molar-refractivity contribution is 6.32. The monoisotopic (exact) mass is 594 g/mol. The van der Waals surface area contributed by atoms with Gasteiger partial charge in [0.2, 0.25) is 0 Å². The minimum atomic E-state index is -2.69. The highest BCUT2D eigenvalue weighted by atomic mass is 16.3. The van der Waals surface area contributed by atoms with Crippen molar-refractivity contribution in [3.8, 4) is 5.75 Å². The molecule has 4 aliphatic rings. The molecule has 228 valence electrons. The fourth-order valence-electron chi connectivity index (χ4n) is 9.09. The van der Waals surface area contributed by atoms with Crippen molar-refractivity contribution in [2.24, 2.45) is 34.5 Å². The minimum Gasteiger partial charge on any atom is -0.507 e. The molecule has 0 radical (unpaired) electrons. The first-order valence-electron chi connectivity index (χ1n) is 15.3. The topological polar surface area (TPSA) is 126 Å². The Labute approximate surface area is 257 Å². The van der Waals surface area contributed by atoms with E-state index >= 15 is 0 Å². The zero-order valence-corrected chi connectivity index (χ0v) is 25.8. The van der Waals surface area contributed by atoms with Crippen molar-refractivity contribution >= 4 is 34.5 Å². The molecule has 3 unspecified atom stereocenters. The molecule has 2 saturated carbocycles. The molecule has 2 fully saturated rings. The zero-order valence-electron chi connectivity index (χ0n) is 25.8. The van der Waals surface area contributed by atoms with E-state index in [0.717, 1.165) is 23.6 Å². The summed E-state index contributed by atoms with van der Waals surface area (Å²) in [6, 6.07) is 13.6. The molecule has 2 aromatic carbocycles. The number of carbonyl (C=O) groups is 5. The second kappa shape index (κ2) is 10.0. The summed E-state index contributed by atoms with van der Waals surface area (Å²) < 4.78 is 0. The lowest BCUT2D eigenvalue weighted by Gasteiger charge is -2.61. The van der Waals surface area contributed by atoms with Gasteiger partial charge >= 0.3 is 0 Å². The number of rotatable bonds is 5. The molecule has 2 aromatic rings. The molecule has 0 saturated heterocycles. The quantitative estimate of drug-likeness (QED) is 0.464. The number of carbonyl (C=O) groups excluding carboxylic acids is 5. The van der Waals surface area contributed by atoms with Crippen molar-refractivity contribution in [3.63, 3.8) is 0 Å². The molecule has 6 atom stereocenters. The van der Waals surface area contributed by atoms with Gasteiger partial charge in [0.1, 0.15) is 17.5 Å². The smallest absolute Gasteiger partial charge is 0.190 e. The van der Waals surface area contributed by atoms with Crippen LogP contribution >= 0.6 is 0 Å². The standard InChI is InChI=1S/C37H38O7/c1-19(2)28-31(40)26(20(3)38)33(42)37(44)34(43)29-32(41)27-25(17-35(29,4)18-36(28,37)5)14-13-24(30(27)39)16-21-11-12-23(15-21)22-9-7-6-8-10-22/h6-10,12-15,19,26,28-29,39,44H,11,16-18H2,1-5H3/t26?,28?,29?,35-,36-,37+/m1/s1. The van der Waals surface area contributed by atoms with Crippen LogP contribution in [0.3, 0.4) is 0 Å². The Balaban J connectivity index is 1.39. The van der Waals surface area contributed by atoms with E-state index in [2.05, 4.69) is 12.2 Å². The Morgan fingerprint density at radius 1 is 1.00 bits per heavy atom. The predicted octanol–water partition coefficient (Wildman–Crippen LogP) is 5.05. The lowest BCUT2D eigenvalue weighted by molar-refractivity contribution is -0.205. The van der Waals surface area contributed by atoms with Crippen molar-refractivity contribution < 1.29 is 34.2 Å². The van der Waals surface area contributed by atoms with E-state index in [-0.39, 0.29) is 30.1 Å². The fraction of sp³-hybridized carbons (Fsp3) is 0.432. The van der Waals surface area contributed by atoms with Crippen LogP contribution in [0.25, 0.3) is 5.57 Å². The van der Waals surface area contributed by atoms with E-state index in [4.69, 9.17) is 0 Å². The third-order valence-electron chi connectivity index (χ3n) is 10.8. The molecule has 4 aliphatic carbocycles. The normalized spacial score (nSPS) is 33.0. The molecule has 44 heavy (non-hydrogen) atoms. The Hall–Kier alpha value is -3.97. The van der Waals surface area contributed by atoms with Gasteiger partial charge < -0.3 is 10.2 Å². The third kappa shape index (κ3) is 4.01. The second-order valence-electron chi connectivity index (χ2n) is 14.1. The van der Waals surface area contributed by atoms with E-state index in [1.54, 1.807) is 27.7 Å². The van der Waals surface area contributed by atoms with E-state index in [9.17, 15) is 34.2 Å². The first kappa shape index (κ1) is 30.1. The van der Waals surface area contributed by atoms with E-state index in [1.807, 2.05) is 42.5 Å². The van der Waals surface area contributed by atoms with Crippen LogP contribution in [0, 0.1) is 34.5 Å². The number of phenols is 1. The predicted molar refractivity (Wildman–Crippen MR) is 164 cm³/mol. The number of hydrogen-bond donors (Lipinski definition) is 2. The number of phenolic OH excluding ortho intramolecular Hbond substituents is 1. The zero-order chi connectivity index (χ0) is 31.9. The van der Waals surface area contributed by atoms with Crippen molar-refractivity contribution in [2.75, 3.05) is 0 Å². The molecule has 0 aromatic heterocycles. The van der Waals surface area contributed by atoms with Gasteiger partial charge in [0, 0.05) is 11.3 Å². The van der Waals surface area contributed by atoms with Gasteiger partial charge in [-0.25, -0.2) is 0 Å². The van der Waals surface area contributed by atoms with Gasteiger partial charge in [-0.2, -0.15) is 0 Å². The van der Waals surface area contributed by atoms with E-state index in [1.165, 1.54) is 0 Å². The van der Waals surface area contributed by atoms with Crippen LogP contribution in [-0.4, -0.2) is 44.7 Å². The molecule has 0 heterocycles. The Morgan fingerprint density at radius 3 is 2.32 bits per heavy atom. The average molecular weight is 595 g/mol. The summed E-state index contributed by atoms with van der Waals surface area (Å²) in [7, 11) is 0. The Morgan fingerprint density at radius 2 is 1.68 bits per heavy atom. The number of allylic oxidation sites excluding steroid dienone is 4. The average Bonchev–Trinajstić information content (AvgIpc) is 3.41. The number of hydrogen-bond acceptors (Lipinski definition) is 7. The van der Waals surface area contributed by atoms with E-state index < -0.39 is 63.1 Å².